The van der Waals surface area contributed by atoms with Crippen LogP contribution in [0, 0.1) is 0 Å². The van der Waals surface area contributed by atoms with Gasteiger partial charge in [-0.1, -0.05) is 27.5 Å². The zero-order chi connectivity index (χ0) is 10.1. The third kappa shape index (κ3) is 1.67. The summed E-state index contributed by atoms with van der Waals surface area (Å²) in [5, 5.41) is 0.764. The highest BCUT2D eigenvalue weighted by molar-refractivity contribution is 9.09. The molecule has 0 saturated heterocycles. The van der Waals surface area contributed by atoms with Crippen LogP contribution in [0.4, 0.5) is 0 Å². The van der Waals surface area contributed by atoms with Crippen molar-refractivity contribution in [3.05, 3.63) is 29.1 Å². The van der Waals surface area contributed by atoms with Crippen molar-refractivity contribution in [1.82, 2.24) is 4.98 Å². The van der Waals surface area contributed by atoms with Gasteiger partial charge in [-0.2, -0.15) is 0 Å². The molecule has 1 aromatic heterocycles. The molecule has 0 saturated carbocycles. The Balaban J connectivity index is 2.56. The van der Waals surface area contributed by atoms with E-state index in [9.17, 15) is 4.79 Å². The van der Waals surface area contributed by atoms with Crippen LogP contribution in [0.1, 0.15) is 10.7 Å². The predicted molar refractivity (Wildman–Crippen MR) is 57.1 cm³/mol. The van der Waals surface area contributed by atoms with Gasteiger partial charge >= 0.3 is 0 Å². The van der Waals surface area contributed by atoms with E-state index in [2.05, 4.69) is 20.9 Å². The van der Waals surface area contributed by atoms with Gasteiger partial charge in [0.25, 0.3) is 5.89 Å². The molecule has 2 rings (SSSR count). The highest BCUT2D eigenvalue weighted by atomic mass is 79.9. The van der Waals surface area contributed by atoms with E-state index in [0.717, 1.165) is 0 Å². The molecule has 14 heavy (non-hydrogen) atoms. The quantitative estimate of drug-likeness (QED) is 0.624. The Morgan fingerprint density at radius 2 is 2.36 bits per heavy atom. The van der Waals surface area contributed by atoms with E-state index in [-0.39, 0.29) is 17.0 Å². The van der Waals surface area contributed by atoms with Gasteiger partial charge in [0.2, 0.25) is 5.78 Å². The van der Waals surface area contributed by atoms with Crippen molar-refractivity contribution in [2.75, 3.05) is 5.33 Å². The van der Waals surface area contributed by atoms with E-state index in [1.54, 1.807) is 18.2 Å². The van der Waals surface area contributed by atoms with Gasteiger partial charge in [-0.3, -0.25) is 4.79 Å². The highest BCUT2D eigenvalue weighted by Gasteiger charge is 2.12. The monoisotopic (exact) mass is 273 g/mol. The summed E-state index contributed by atoms with van der Waals surface area (Å²) in [5.41, 5.74) is 1.17. The molecule has 72 valence electrons. The summed E-state index contributed by atoms with van der Waals surface area (Å²) in [7, 11) is 0. The molecule has 0 amide bonds. The molecule has 0 aliphatic heterocycles. The molecule has 0 unspecified atom stereocenters. The van der Waals surface area contributed by atoms with Crippen LogP contribution in [0.5, 0.6) is 0 Å². The lowest BCUT2D eigenvalue weighted by Gasteiger charge is -1.86. The van der Waals surface area contributed by atoms with Gasteiger partial charge in [0, 0.05) is 11.1 Å². The summed E-state index contributed by atoms with van der Waals surface area (Å²) in [5.74, 6) is -0.0727. The number of carbonyl (C=O) groups excluding carboxylic acids is 1. The number of hydrogen-bond donors (Lipinski definition) is 0. The predicted octanol–water partition coefficient (Wildman–Crippen LogP) is 3.06. The van der Waals surface area contributed by atoms with Gasteiger partial charge in [0.15, 0.2) is 5.58 Å². The molecule has 0 atom stereocenters. The van der Waals surface area contributed by atoms with E-state index in [1.165, 1.54) is 0 Å². The molecule has 1 heterocycles. The minimum absolute atomic E-state index is 0.110. The maximum absolute atomic E-state index is 11.2. The minimum atomic E-state index is -0.183. The smallest absolute Gasteiger partial charge is 0.265 e. The van der Waals surface area contributed by atoms with Crippen molar-refractivity contribution in [2.45, 2.75) is 0 Å². The highest BCUT2D eigenvalue weighted by Crippen LogP contribution is 2.20. The number of alkyl halides is 1. The van der Waals surface area contributed by atoms with Crippen molar-refractivity contribution < 1.29 is 9.21 Å². The van der Waals surface area contributed by atoms with Crippen LogP contribution in [0.25, 0.3) is 11.1 Å². The van der Waals surface area contributed by atoms with Crippen LogP contribution in [0.3, 0.4) is 0 Å². The number of nitrogens with zero attached hydrogens (tertiary/aromatic N) is 1. The lowest BCUT2D eigenvalue weighted by molar-refractivity contribution is 0.0989. The van der Waals surface area contributed by atoms with Crippen LogP contribution >= 0.6 is 27.5 Å². The van der Waals surface area contributed by atoms with Gasteiger partial charge in [0.1, 0.15) is 5.52 Å². The molecule has 0 aliphatic rings. The van der Waals surface area contributed by atoms with Gasteiger partial charge in [0.05, 0.1) is 5.33 Å². The summed E-state index contributed by atoms with van der Waals surface area (Å²) >= 11 is 8.81. The molecular formula is C9H5BrClNO2. The van der Waals surface area contributed by atoms with Crippen LogP contribution in [-0.4, -0.2) is 16.1 Å². The fourth-order valence-corrected chi connectivity index (χ4v) is 1.48. The van der Waals surface area contributed by atoms with E-state index >= 15 is 0 Å². The van der Waals surface area contributed by atoms with Gasteiger partial charge in [-0.05, 0) is 12.1 Å². The van der Waals surface area contributed by atoms with E-state index in [1.807, 2.05) is 0 Å². The number of benzene rings is 1. The first-order valence-electron chi connectivity index (χ1n) is 3.86. The molecule has 5 heteroatoms. The Bertz CT molecular complexity index is 495. The third-order valence-electron chi connectivity index (χ3n) is 1.71. The fraction of sp³-hybridized carbons (Fsp3) is 0.111. The Kier molecular flexibility index (Phi) is 2.56. The Hall–Kier alpha value is -0.870. The number of carbonyl (C=O) groups is 1. The summed E-state index contributed by atoms with van der Waals surface area (Å²) in [4.78, 5) is 15.3. The number of hydrogen-bond acceptors (Lipinski definition) is 3. The minimum Gasteiger partial charge on any atom is -0.434 e. The van der Waals surface area contributed by atoms with E-state index in [0.29, 0.717) is 16.1 Å². The fourth-order valence-electron chi connectivity index (χ4n) is 1.07. The van der Waals surface area contributed by atoms with Crippen LogP contribution in [-0.2, 0) is 0 Å². The number of aromatic nitrogens is 1. The number of Topliss-reactive ketones (excluding diaryl/α,β-unsaturated/α-hetero) is 1. The average Bonchev–Trinajstić information content (AvgIpc) is 2.59. The number of fused-ring (bicyclic) bond motifs is 1. The maximum atomic E-state index is 11.2. The molecule has 0 radical (unpaired) electrons. The lowest BCUT2D eigenvalue weighted by Crippen LogP contribution is -1.99. The summed E-state index contributed by atoms with van der Waals surface area (Å²) in [6, 6.07) is 5.05. The first-order chi connectivity index (χ1) is 6.70. The normalized spacial score (nSPS) is 10.7. The Morgan fingerprint density at radius 1 is 1.57 bits per heavy atom. The van der Waals surface area contributed by atoms with Crippen molar-refractivity contribution in [2.24, 2.45) is 0 Å². The first kappa shape index (κ1) is 9.68. The maximum Gasteiger partial charge on any atom is 0.265 e. The molecule has 0 aliphatic carbocycles. The van der Waals surface area contributed by atoms with Gasteiger partial charge in [-0.15, -0.1) is 0 Å². The molecule has 0 bridgehead atoms. The van der Waals surface area contributed by atoms with E-state index in [4.69, 9.17) is 16.0 Å². The average molecular weight is 275 g/mol. The van der Waals surface area contributed by atoms with Crippen LogP contribution < -0.4 is 0 Å². The van der Waals surface area contributed by atoms with Crippen molar-refractivity contribution in [3.8, 4) is 0 Å². The summed E-state index contributed by atoms with van der Waals surface area (Å²) < 4.78 is 5.23. The number of halogens is 2. The Labute approximate surface area is 93.2 Å². The molecular weight excluding hydrogens is 269 g/mol. The van der Waals surface area contributed by atoms with Crippen LogP contribution in [0.15, 0.2) is 22.6 Å². The molecule has 1 aromatic carbocycles. The lowest BCUT2D eigenvalue weighted by atomic mass is 10.3. The van der Waals surface area contributed by atoms with Crippen molar-refractivity contribution in [1.29, 1.82) is 0 Å². The second-order valence-electron chi connectivity index (χ2n) is 2.69. The Morgan fingerprint density at radius 3 is 3.07 bits per heavy atom. The number of oxazole rings is 1. The van der Waals surface area contributed by atoms with Gasteiger partial charge in [-0.25, -0.2) is 4.98 Å². The largest absolute Gasteiger partial charge is 0.434 e. The molecule has 0 fully saturated rings. The second kappa shape index (κ2) is 3.71. The summed E-state index contributed by atoms with van der Waals surface area (Å²) in [6.45, 7) is 0. The van der Waals surface area contributed by atoms with Crippen molar-refractivity contribution >= 4 is 44.4 Å². The first-order valence-corrected chi connectivity index (χ1v) is 5.36. The zero-order valence-corrected chi connectivity index (χ0v) is 9.30. The molecule has 2 aromatic rings. The topological polar surface area (TPSA) is 43.1 Å². The van der Waals surface area contributed by atoms with Gasteiger partial charge < -0.3 is 4.42 Å². The third-order valence-corrected chi connectivity index (χ3v) is 2.45. The molecule has 3 nitrogen and oxygen atoms in total. The second-order valence-corrected chi connectivity index (χ2v) is 3.69. The number of ketones is 1. The molecule has 0 spiro atoms. The standard InChI is InChI=1S/C9H5BrClNO2/c10-4-7(13)9-12-6-2-1-5(11)3-8(6)14-9/h1-3H,4H2. The van der Waals surface area contributed by atoms with Crippen molar-refractivity contribution in [3.63, 3.8) is 0 Å². The number of rotatable bonds is 2. The summed E-state index contributed by atoms with van der Waals surface area (Å²) in [6.07, 6.45) is 0. The molecule has 0 N–H and O–H groups in total. The van der Waals surface area contributed by atoms with E-state index < -0.39 is 0 Å². The SMILES string of the molecule is O=C(CBr)c1nc2ccc(Cl)cc2o1. The zero-order valence-electron chi connectivity index (χ0n) is 6.96. The van der Waals surface area contributed by atoms with Crippen LogP contribution in [0.2, 0.25) is 5.02 Å².